The molecule has 0 radical (unpaired) electrons. The number of carbonyl (C=O) groups is 1. The first kappa shape index (κ1) is 11.3. The smallest absolute Gasteiger partial charge is 0.160 e. The number of aromatic nitrogens is 1. The van der Waals surface area contributed by atoms with Crippen LogP contribution in [0.5, 0.6) is 0 Å². The normalized spacial score (nSPS) is 10.4. The predicted octanol–water partition coefficient (Wildman–Crippen LogP) is 2.96. The molecule has 0 fully saturated rings. The number of carbonyl (C=O) groups excluding carboxylic acids is 1. The van der Waals surface area contributed by atoms with Gasteiger partial charge in [-0.3, -0.25) is 4.79 Å². The number of hydrogen-bond acceptors (Lipinski definition) is 5. The van der Waals surface area contributed by atoms with Crippen LogP contribution in [0, 0.1) is 6.92 Å². The molecule has 0 saturated carbocycles. The molecule has 5 heteroatoms. The van der Waals surface area contributed by atoms with Crippen molar-refractivity contribution in [3.05, 3.63) is 33.1 Å². The summed E-state index contributed by atoms with van der Waals surface area (Å²) in [6.07, 6.45) is 0.884. The number of anilines is 1. The largest absolute Gasteiger partial charge is 0.361 e. The van der Waals surface area contributed by atoms with Crippen molar-refractivity contribution in [1.82, 2.24) is 4.98 Å². The maximum atomic E-state index is 10.6. The minimum atomic E-state index is 0.760. The highest BCUT2D eigenvalue weighted by atomic mass is 32.1. The molecule has 3 nitrogen and oxygen atoms in total. The quantitative estimate of drug-likeness (QED) is 0.784. The summed E-state index contributed by atoms with van der Waals surface area (Å²) < 4.78 is 0. The van der Waals surface area contributed by atoms with Crippen LogP contribution in [0.25, 0.3) is 0 Å². The van der Waals surface area contributed by atoms with Gasteiger partial charge in [0.15, 0.2) is 6.29 Å². The highest BCUT2D eigenvalue weighted by Gasteiger charge is 2.07. The van der Waals surface area contributed by atoms with Gasteiger partial charge in [0, 0.05) is 12.4 Å². The second-order valence-corrected chi connectivity index (χ2v) is 5.66. The molecule has 0 aromatic carbocycles. The van der Waals surface area contributed by atoms with E-state index in [1.54, 1.807) is 11.3 Å². The number of aldehydes is 1. The monoisotopic (exact) mass is 252 g/mol. The molecule has 0 amide bonds. The molecule has 0 saturated heterocycles. The lowest BCUT2D eigenvalue weighted by atomic mass is 10.4. The van der Waals surface area contributed by atoms with Crippen LogP contribution in [0.3, 0.4) is 0 Å². The fraction of sp³-hybridized carbons (Fsp3) is 0.273. The molecule has 2 aromatic heterocycles. The second kappa shape index (κ2) is 4.76. The molecule has 0 aliphatic rings. The molecule has 0 aliphatic heterocycles. The van der Waals surface area contributed by atoms with E-state index in [9.17, 15) is 4.79 Å². The van der Waals surface area contributed by atoms with Gasteiger partial charge in [0.05, 0.1) is 27.1 Å². The van der Waals surface area contributed by atoms with E-state index in [4.69, 9.17) is 0 Å². The molecule has 0 unspecified atom stereocenters. The van der Waals surface area contributed by atoms with E-state index in [0.717, 1.165) is 33.4 Å². The molecule has 16 heavy (non-hydrogen) atoms. The van der Waals surface area contributed by atoms with Gasteiger partial charge in [-0.25, -0.2) is 4.98 Å². The van der Waals surface area contributed by atoms with Crippen molar-refractivity contribution < 1.29 is 4.79 Å². The summed E-state index contributed by atoms with van der Waals surface area (Å²) in [7, 11) is 2.01. The van der Waals surface area contributed by atoms with E-state index >= 15 is 0 Å². The average Bonchev–Trinajstić information content (AvgIpc) is 2.87. The first-order valence-corrected chi connectivity index (χ1v) is 6.56. The molecule has 0 spiro atoms. The van der Waals surface area contributed by atoms with Crippen LogP contribution < -0.4 is 4.90 Å². The Morgan fingerprint density at radius 1 is 1.50 bits per heavy atom. The van der Waals surface area contributed by atoms with Gasteiger partial charge < -0.3 is 4.90 Å². The maximum Gasteiger partial charge on any atom is 0.160 e. The van der Waals surface area contributed by atoms with Crippen LogP contribution in [0.4, 0.5) is 5.00 Å². The minimum absolute atomic E-state index is 0.760. The Kier molecular flexibility index (Phi) is 3.36. The van der Waals surface area contributed by atoms with Crippen LogP contribution in [0.2, 0.25) is 0 Å². The third kappa shape index (κ3) is 2.48. The number of nitrogens with zero attached hydrogens (tertiary/aromatic N) is 2. The molecule has 0 N–H and O–H groups in total. The first-order chi connectivity index (χ1) is 7.69. The van der Waals surface area contributed by atoms with Gasteiger partial charge in [0.1, 0.15) is 0 Å². The topological polar surface area (TPSA) is 33.2 Å². The van der Waals surface area contributed by atoms with Crippen molar-refractivity contribution in [3.8, 4) is 0 Å². The standard InChI is InChI=1S/C11H12N2OS2/c1-8-12-9(7-15-8)5-13(2)11-4-3-10(6-14)16-11/h3-4,6-7H,5H2,1-2H3. The van der Waals surface area contributed by atoms with Crippen molar-refractivity contribution in [2.24, 2.45) is 0 Å². The van der Waals surface area contributed by atoms with Gasteiger partial charge in [-0.15, -0.1) is 22.7 Å². The van der Waals surface area contributed by atoms with Crippen LogP contribution >= 0.6 is 22.7 Å². The van der Waals surface area contributed by atoms with Crippen molar-refractivity contribution in [3.63, 3.8) is 0 Å². The van der Waals surface area contributed by atoms with Crippen molar-refractivity contribution in [1.29, 1.82) is 0 Å². The Hall–Kier alpha value is -1.20. The van der Waals surface area contributed by atoms with Crippen molar-refractivity contribution >= 4 is 34.0 Å². The lowest BCUT2D eigenvalue weighted by Gasteiger charge is -2.14. The lowest BCUT2D eigenvalue weighted by molar-refractivity contribution is 0.112. The molecular formula is C11H12N2OS2. The second-order valence-electron chi connectivity index (χ2n) is 3.51. The van der Waals surface area contributed by atoms with Gasteiger partial charge >= 0.3 is 0 Å². The summed E-state index contributed by atoms with van der Waals surface area (Å²) in [6, 6.07) is 3.81. The highest BCUT2D eigenvalue weighted by molar-refractivity contribution is 7.17. The van der Waals surface area contributed by atoms with E-state index < -0.39 is 0 Å². The van der Waals surface area contributed by atoms with Gasteiger partial charge in [0.2, 0.25) is 0 Å². The Morgan fingerprint density at radius 3 is 2.88 bits per heavy atom. The summed E-state index contributed by atoms with van der Waals surface area (Å²) in [6.45, 7) is 2.78. The Bertz CT molecular complexity index is 490. The van der Waals surface area contributed by atoms with Crippen molar-refractivity contribution in [2.45, 2.75) is 13.5 Å². The van der Waals surface area contributed by atoms with Crippen LogP contribution in [-0.2, 0) is 6.54 Å². The summed E-state index contributed by atoms with van der Waals surface area (Å²) in [5.41, 5.74) is 1.08. The third-order valence-corrected chi connectivity index (χ3v) is 4.12. The van der Waals surface area contributed by atoms with E-state index in [1.165, 1.54) is 11.3 Å². The molecular weight excluding hydrogens is 240 g/mol. The molecule has 0 atom stereocenters. The van der Waals surface area contributed by atoms with Crippen LogP contribution in [0.1, 0.15) is 20.4 Å². The highest BCUT2D eigenvalue weighted by Crippen LogP contribution is 2.25. The van der Waals surface area contributed by atoms with Gasteiger partial charge in [-0.1, -0.05) is 0 Å². The average molecular weight is 252 g/mol. The van der Waals surface area contributed by atoms with E-state index in [0.29, 0.717) is 0 Å². The number of aryl methyl sites for hydroxylation is 1. The van der Waals surface area contributed by atoms with Gasteiger partial charge in [-0.2, -0.15) is 0 Å². The summed E-state index contributed by atoms with van der Waals surface area (Å²) in [5, 5.41) is 4.25. The third-order valence-electron chi connectivity index (χ3n) is 2.17. The molecule has 2 heterocycles. The zero-order chi connectivity index (χ0) is 11.5. The number of thiophene rings is 1. The number of hydrogen-bond donors (Lipinski definition) is 0. The fourth-order valence-electron chi connectivity index (χ4n) is 1.41. The zero-order valence-electron chi connectivity index (χ0n) is 9.14. The van der Waals surface area contributed by atoms with E-state index in [1.807, 2.05) is 26.1 Å². The minimum Gasteiger partial charge on any atom is -0.361 e. The SMILES string of the molecule is Cc1nc(CN(C)c2ccc(C=O)s2)cs1. The molecule has 0 bridgehead atoms. The fourth-order valence-corrected chi connectivity index (χ4v) is 2.80. The lowest BCUT2D eigenvalue weighted by Crippen LogP contribution is -2.15. The maximum absolute atomic E-state index is 10.6. The Morgan fingerprint density at radius 2 is 2.31 bits per heavy atom. The van der Waals surface area contributed by atoms with Crippen molar-refractivity contribution in [2.75, 3.05) is 11.9 Å². The van der Waals surface area contributed by atoms with E-state index in [2.05, 4.69) is 15.3 Å². The van der Waals surface area contributed by atoms with Gasteiger partial charge in [-0.05, 0) is 19.1 Å². The van der Waals surface area contributed by atoms with Gasteiger partial charge in [0.25, 0.3) is 0 Å². The zero-order valence-corrected chi connectivity index (χ0v) is 10.8. The molecule has 0 aliphatic carbocycles. The summed E-state index contributed by atoms with van der Waals surface area (Å²) in [5.74, 6) is 0. The first-order valence-electron chi connectivity index (χ1n) is 4.86. The van der Waals surface area contributed by atoms with Crippen LogP contribution in [-0.4, -0.2) is 18.3 Å². The Labute approximate surface area is 102 Å². The predicted molar refractivity (Wildman–Crippen MR) is 68.7 cm³/mol. The number of thiazole rings is 1. The molecule has 2 rings (SSSR count). The molecule has 2 aromatic rings. The van der Waals surface area contributed by atoms with Crippen LogP contribution in [0.15, 0.2) is 17.5 Å². The Balaban J connectivity index is 2.07. The number of rotatable bonds is 4. The summed E-state index contributed by atoms with van der Waals surface area (Å²) in [4.78, 5) is 17.9. The molecule has 84 valence electrons. The summed E-state index contributed by atoms with van der Waals surface area (Å²) >= 11 is 3.16. The van der Waals surface area contributed by atoms with E-state index in [-0.39, 0.29) is 0 Å².